The number of aliphatic hydroxyl groups is 1. The van der Waals surface area contributed by atoms with E-state index in [-0.39, 0.29) is 12.6 Å². The molecule has 0 saturated carbocycles. The smallest absolute Gasteiger partial charge is 0.0632 e. The highest BCUT2D eigenvalue weighted by molar-refractivity contribution is 9.10. The lowest BCUT2D eigenvalue weighted by molar-refractivity contribution is 0.225. The van der Waals surface area contributed by atoms with Crippen LogP contribution in [0.3, 0.4) is 0 Å². The lowest BCUT2D eigenvalue weighted by Crippen LogP contribution is -2.40. The second-order valence-electron chi connectivity index (χ2n) is 3.74. The van der Waals surface area contributed by atoms with E-state index in [4.69, 9.17) is 5.11 Å². The first kappa shape index (κ1) is 12.7. The molecule has 1 aromatic rings. The highest BCUT2D eigenvalue weighted by Crippen LogP contribution is 2.06. The molecule has 0 amide bonds. The van der Waals surface area contributed by atoms with Crippen molar-refractivity contribution in [2.45, 2.75) is 38.9 Å². The van der Waals surface area contributed by atoms with Gasteiger partial charge >= 0.3 is 0 Å². The molecule has 1 aromatic heterocycles. The number of nitrogens with zero attached hydrogens (tertiary/aromatic N) is 2. The van der Waals surface area contributed by atoms with Gasteiger partial charge in [-0.15, -0.1) is 0 Å². The minimum Gasteiger partial charge on any atom is -0.395 e. The molecule has 0 aromatic carbocycles. The summed E-state index contributed by atoms with van der Waals surface area (Å²) in [6.07, 6.45) is 4.65. The van der Waals surface area contributed by atoms with E-state index in [0.717, 1.165) is 17.4 Å². The molecule has 0 saturated heterocycles. The van der Waals surface area contributed by atoms with Crippen molar-refractivity contribution in [1.29, 1.82) is 0 Å². The van der Waals surface area contributed by atoms with E-state index in [1.807, 2.05) is 10.9 Å². The van der Waals surface area contributed by atoms with Crippen molar-refractivity contribution in [2.24, 2.45) is 0 Å². The topological polar surface area (TPSA) is 50.1 Å². The summed E-state index contributed by atoms with van der Waals surface area (Å²) in [5.41, 5.74) is 0. The number of nitrogens with one attached hydrogen (secondary N) is 1. The number of rotatable bonds is 6. The Bertz CT molecular complexity index is 286. The molecule has 0 fully saturated rings. The van der Waals surface area contributed by atoms with Crippen molar-refractivity contribution < 1.29 is 5.11 Å². The van der Waals surface area contributed by atoms with Crippen LogP contribution in [0.1, 0.15) is 20.3 Å². The second kappa shape index (κ2) is 6.25. The van der Waals surface area contributed by atoms with Crippen molar-refractivity contribution in [3.8, 4) is 0 Å². The Morgan fingerprint density at radius 2 is 2.40 bits per heavy atom. The average molecular weight is 276 g/mol. The van der Waals surface area contributed by atoms with Crippen molar-refractivity contribution in [2.75, 3.05) is 6.61 Å². The Hall–Kier alpha value is -0.390. The Labute approximate surface area is 98.8 Å². The number of hydrogen-bond donors (Lipinski definition) is 2. The molecule has 0 bridgehead atoms. The molecule has 0 aliphatic heterocycles. The van der Waals surface area contributed by atoms with Crippen LogP contribution in [-0.2, 0) is 6.54 Å². The predicted octanol–water partition coefficient (Wildman–Crippen LogP) is 1.39. The van der Waals surface area contributed by atoms with Gasteiger partial charge in [0.15, 0.2) is 0 Å². The summed E-state index contributed by atoms with van der Waals surface area (Å²) >= 11 is 3.36. The Balaban J connectivity index is 2.38. The zero-order chi connectivity index (χ0) is 11.3. The lowest BCUT2D eigenvalue weighted by atomic mass is 10.2. The second-order valence-corrected chi connectivity index (χ2v) is 4.65. The molecule has 1 unspecified atom stereocenters. The maximum Gasteiger partial charge on any atom is 0.0632 e. The van der Waals surface area contributed by atoms with Crippen LogP contribution in [0.15, 0.2) is 16.9 Å². The summed E-state index contributed by atoms with van der Waals surface area (Å²) in [6, 6.07) is 0.480. The van der Waals surface area contributed by atoms with E-state index in [2.05, 4.69) is 40.2 Å². The molecule has 1 rings (SSSR count). The summed E-state index contributed by atoms with van der Waals surface area (Å²) in [5, 5.41) is 16.6. The van der Waals surface area contributed by atoms with E-state index in [9.17, 15) is 0 Å². The van der Waals surface area contributed by atoms with Gasteiger partial charge in [-0.05, 0) is 29.3 Å². The van der Waals surface area contributed by atoms with E-state index >= 15 is 0 Å². The van der Waals surface area contributed by atoms with Gasteiger partial charge in [-0.1, -0.05) is 6.92 Å². The van der Waals surface area contributed by atoms with Crippen molar-refractivity contribution in [3.05, 3.63) is 16.9 Å². The maximum atomic E-state index is 9.05. The minimum atomic E-state index is 0.180. The Morgan fingerprint density at radius 1 is 1.67 bits per heavy atom. The van der Waals surface area contributed by atoms with E-state index in [0.29, 0.717) is 6.04 Å². The standard InChI is InChI=1S/C10H18BrN3O/c1-3-10(7-15)13-8(2)5-14-6-9(11)4-12-14/h4,6,8,10,13,15H,3,5,7H2,1-2H3/t8?,10-/m1/s1. The van der Waals surface area contributed by atoms with Gasteiger partial charge in [0.2, 0.25) is 0 Å². The first-order valence-corrected chi connectivity index (χ1v) is 5.99. The van der Waals surface area contributed by atoms with Gasteiger partial charge in [0, 0.05) is 18.3 Å². The largest absolute Gasteiger partial charge is 0.395 e. The SMILES string of the molecule is CC[C@H](CO)NC(C)Cn1cc(Br)cn1. The van der Waals surface area contributed by atoms with Gasteiger partial charge in [-0.25, -0.2) is 0 Å². The van der Waals surface area contributed by atoms with Crippen molar-refractivity contribution >= 4 is 15.9 Å². The van der Waals surface area contributed by atoms with Gasteiger partial charge in [-0.2, -0.15) is 5.10 Å². The minimum absolute atomic E-state index is 0.180. The Kier molecular flexibility index (Phi) is 5.28. The molecular weight excluding hydrogens is 258 g/mol. The third-order valence-electron chi connectivity index (χ3n) is 2.30. The summed E-state index contributed by atoms with van der Waals surface area (Å²) < 4.78 is 2.87. The molecule has 0 aliphatic rings. The van der Waals surface area contributed by atoms with Crippen LogP contribution in [0.4, 0.5) is 0 Å². The van der Waals surface area contributed by atoms with Crippen molar-refractivity contribution in [1.82, 2.24) is 15.1 Å². The highest BCUT2D eigenvalue weighted by atomic mass is 79.9. The molecule has 2 N–H and O–H groups in total. The van der Waals surface area contributed by atoms with Crippen LogP contribution in [0, 0.1) is 0 Å². The zero-order valence-electron chi connectivity index (χ0n) is 9.15. The first-order valence-electron chi connectivity index (χ1n) is 5.20. The van der Waals surface area contributed by atoms with E-state index in [1.54, 1.807) is 6.20 Å². The van der Waals surface area contributed by atoms with Crippen LogP contribution in [0.5, 0.6) is 0 Å². The fourth-order valence-electron chi connectivity index (χ4n) is 1.47. The van der Waals surface area contributed by atoms with Crippen LogP contribution in [-0.4, -0.2) is 33.6 Å². The predicted molar refractivity (Wildman–Crippen MR) is 63.7 cm³/mol. The third-order valence-corrected chi connectivity index (χ3v) is 2.71. The van der Waals surface area contributed by atoms with Gasteiger partial charge in [0.05, 0.1) is 23.8 Å². The molecule has 5 heteroatoms. The summed E-state index contributed by atoms with van der Waals surface area (Å²) in [5.74, 6) is 0. The summed E-state index contributed by atoms with van der Waals surface area (Å²) in [6.45, 7) is 5.14. The zero-order valence-corrected chi connectivity index (χ0v) is 10.7. The summed E-state index contributed by atoms with van der Waals surface area (Å²) in [4.78, 5) is 0. The highest BCUT2D eigenvalue weighted by Gasteiger charge is 2.09. The van der Waals surface area contributed by atoms with E-state index in [1.165, 1.54) is 0 Å². The third kappa shape index (κ3) is 4.32. The number of aromatic nitrogens is 2. The molecule has 15 heavy (non-hydrogen) atoms. The molecule has 2 atom stereocenters. The number of halogens is 1. The monoisotopic (exact) mass is 275 g/mol. The molecule has 1 heterocycles. The molecule has 0 spiro atoms. The molecular formula is C10H18BrN3O. The Morgan fingerprint density at radius 3 is 2.87 bits per heavy atom. The maximum absolute atomic E-state index is 9.05. The quantitative estimate of drug-likeness (QED) is 0.825. The van der Waals surface area contributed by atoms with Crippen LogP contribution >= 0.6 is 15.9 Å². The fraction of sp³-hybridized carbons (Fsp3) is 0.700. The van der Waals surface area contributed by atoms with Crippen LogP contribution in [0.2, 0.25) is 0 Å². The molecule has 0 aliphatic carbocycles. The fourth-order valence-corrected chi connectivity index (χ4v) is 1.80. The summed E-state index contributed by atoms with van der Waals surface area (Å²) in [7, 11) is 0. The van der Waals surface area contributed by atoms with Gasteiger partial charge in [0.1, 0.15) is 0 Å². The van der Waals surface area contributed by atoms with Crippen LogP contribution in [0.25, 0.3) is 0 Å². The average Bonchev–Trinajstić information content (AvgIpc) is 2.60. The van der Waals surface area contributed by atoms with Gasteiger partial charge in [0.25, 0.3) is 0 Å². The lowest BCUT2D eigenvalue weighted by Gasteiger charge is -2.20. The van der Waals surface area contributed by atoms with Crippen LogP contribution < -0.4 is 5.32 Å². The first-order chi connectivity index (χ1) is 7.15. The molecule has 0 radical (unpaired) electrons. The van der Waals surface area contributed by atoms with E-state index < -0.39 is 0 Å². The molecule has 4 nitrogen and oxygen atoms in total. The number of aliphatic hydroxyl groups excluding tert-OH is 1. The van der Waals surface area contributed by atoms with Gasteiger partial charge < -0.3 is 10.4 Å². The van der Waals surface area contributed by atoms with Crippen molar-refractivity contribution in [3.63, 3.8) is 0 Å². The van der Waals surface area contributed by atoms with Gasteiger partial charge in [-0.3, -0.25) is 4.68 Å². The molecule has 86 valence electrons. The normalized spacial score (nSPS) is 15.2. The number of hydrogen-bond acceptors (Lipinski definition) is 3.